The van der Waals surface area contributed by atoms with E-state index in [-0.39, 0.29) is 41.2 Å². The average Bonchev–Trinajstić information content (AvgIpc) is 3.34. The fourth-order valence-corrected chi connectivity index (χ4v) is 5.54. The molecule has 6 heteroatoms. The molecule has 0 aromatic heterocycles. The molecule has 0 spiro atoms. The van der Waals surface area contributed by atoms with E-state index in [2.05, 4.69) is 12.1 Å². The fourth-order valence-electron chi connectivity index (χ4n) is 5.54. The molecule has 5 rings (SSSR count). The lowest BCUT2D eigenvalue weighted by Gasteiger charge is -2.28. The second kappa shape index (κ2) is 5.74. The summed E-state index contributed by atoms with van der Waals surface area (Å²) in [5, 5.41) is 11.1. The van der Waals surface area contributed by atoms with Gasteiger partial charge in [-0.3, -0.25) is 19.7 Å². The number of amides is 2. The van der Waals surface area contributed by atoms with Crippen LogP contribution in [0.2, 0.25) is 0 Å². The highest BCUT2D eigenvalue weighted by Crippen LogP contribution is 2.61. The van der Waals surface area contributed by atoms with Gasteiger partial charge in [-0.25, -0.2) is 4.90 Å². The van der Waals surface area contributed by atoms with E-state index in [4.69, 9.17) is 0 Å². The van der Waals surface area contributed by atoms with Crippen LogP contribution in [0.4, 0.5) is 11.4 Å². The Kier molecular flexibility index (Phi) is 3.44. The zero-order valence-electron chi connectivity index (χ0n) is 14.5. The molecule has 1 saturated heterocycles. The first-order chi connectivity index (χ1) is 13.1. The van der Waals surface area contributed by atoms with Crippen LogP contribution in [0, 0.1) is 33.8 Å². The van der Waals surface area contributed by atoms with Crippen LogP contribution >= 0.6 is 0 Å². The van der Waals surface area contributed by atoms with Gasteiger partial charge in [0.05, 0.1) is 22.4 Å². The van der Waals surface area contributed by atoms with Gasteiger partial charge in [-0.1, -0.05) is 36.4 Å². The molecule has 3 aliphatic rings. The van der Waals surface area contributed by atoms with Gasteiger partial charge in [-0.2, -0.15) is 0 Å². The van der Waals surface area contributed by atoms with E-state index in [0.717, 1.165) is 12.8 Å². The number of nitrogens with zero attached hydrogens (tertiary/aromatic N) is 2. The summed E-state index contributed by atoms with van der Waals surface area (Å²) in [4.78, 5) is 38.0. The number of rotatable bonds is 3. The Morgan fingerprint density at radius 2 is 1.67 bits per heavy atom. The molecule has 2 aliphatic carbocycles. The number of fused-ring (bicyclic) bond motifs is 5. The van der Waals surface area contributed by atoms with Crippen molar-refractivity contribution in [1.29, 1.82) is 0 Å². The van der Waals surface area contributed by atoms with Crippen molar-refractivity contribution >= 4 is 23.2 Å². The second-order valence-electron chi connectivity index (χ2n) is 7.75. The number of carbonyl (C=O) groups excluding carboxylic acids is 2. The Balaban J connectivity index is 1.49. The number of nitro benzene ring substituents is 1. The van der Waals surface area contributed by atoms with Crippen LogP contribution in [0.1, 0.15) is 24.3 Å². The number of hydrogen-bond donors (Lipinski definition) is 0. The smallest absolute Gasteiger partial charge is 0.271 e. The molecule has 0 radical (unpaired) electrons. The molecule has 6 nitrogen and oxygen atoms in total. The van der Waals surface area contributed by atoms with Crippen LogP contribution in [0.3, 0.4) is 0 Å². The molecule has 2 saturated carbocycles. The fraction of sp³-hybridized carbons (Fsp3) is 0.333. The molecular weight excluding hydrogens is 344 g/mol. The monoisotopic (exact) mass is 362 g/mol. The van der Waals surface area contributed by atoms with Gasteiger partial charge in [0.2, 0.25) is 11.8 Å². The summed E-state index contributed by atoms with van der Waals surface area (Å²) in [6.07, 6.45) is 1.84. The maximum Gasteiger partial charge on any atom is 0.271 e. The first kappa shape index (κ1) is 16.2. The molecule has 5 unspecified atom stereocenters. The number of carbonyl (C=O) groups is 2. The normalized spacial score (nSPS) is 31.4. The van der Waals surface area contributed by atoms with Crippen LogP contribution < -0.4 is 4.90 Å². The van der Waals surface area contributed by atoms with Crippen molar-refractivity contribution in [3.63, 3.8) is 0 Å². The van der Waals surface area contributed by atoms with Crippen molar-refractivity contribution in [3.05, 3.63) is 70.3 Å². The van der Waals surface area contributed by atoms with Gasteiger partial charge >= 0.3 is 0 Å². The van der Waals surface area contributed by atoms with E-state index in [9.17, 15) is 19.7 Å². The lowest BCUT2D eigenvalue weighted by Crippen LogP contribution is -2.33. The summed E-state index contributed by atoms with van der Waals surface area (Å²) in [5.41, 5.74) is 1.43. The van der Waals surface area contributed by atoms with Crippen LogP contribution in [-0.4, -0.2) is 16.7 Å². The second-order valence-corrected chi connectivity index (χ2v) is 7.75. The molecule has 2 aromatic rings. The minimum Gasteiger partial charge on any atom is -0.274 e. The van der Waals surface area contributed by atoms with E-state index < -0.39 is 4.92 Å². The van der Waals surface area contributed by atoms with Gasteiger partial charge < -0.3 is 0 Å². The van der Waals surface area contributed by atoms with Crippen LogP contribution in [0.25, 0.3) is 0 Å². The first-order valence-corrected chi connectivity index (χ1v) is 9.23. The van der Waals surface area contributed by atoms with Gasteiger partial charge in [-0.05, 0) is 42.2 Å². The number of imide groups is 1. The highest BCUT2D eigenvalue weighted by Gasteiger charge is 2.64. The van der Waals surface area contributed by atoms with E-state index in [1.54, 1.807) is 6.07 Å². The van der Waals surface area contributed by atoms with Crippen molar-refractivity contribution in [2.75, 3.05) is 4.90 Å². The van der Waals surface area contributed by atoms with Crippen LogP contribution in [0.15, 0.2) is 54.6 Å². The quantitative estimate of drug-likeness (QED) is 0.475. The zero-order valence-corrected chi connectivity index (χ0v) is 14.5. The molecule has 136 valence electrons. The molecular formula is C21H18N2O4. The van der Waals surface area contributed by atoms with Crippen molar-refractivity contribution in [2.45, 2.75) is 18.8 Å². The SMILES string of the molecule is O=C1C2C3CC(c4ccccc4)C(C3)C2C(=O)N1c1cccc([N+](=O)[O-])c1. The lowest BCUT2D eigenvalue weighted by molar-refractivity contribution is -0.384. The van der Waals surface area contributed by atoms with E-state index >= 15 is 0 Å². The maximum atomic E-state index is 13.2. The zero-order chi connectivity index (χ0) is 18.7. The van der Waals surface area contributed by atoms with Crippen molar-refractivity contribution in [1.82, 2.24) is 0 Å². The molecule has 5 atom stereocenters. The summed E-state index contributed by atoms with van der Waals surface area (Å²) in [5.74, 6) is -0.280. The summed E-state index contributed by atoms with van der Waals surface area (Å²) in [6.45, 7) is 0. The predicted octanol–water partition coefficient (Wildman–Crippen LogP) is 3.52. The number of hydrogen-bond acceptors (Lipinski definition) is 4. The molecule has 2 bridgehead atoms. The third-order valence-electron chi connectivity index (χ3n) is 6.54. The first-order valence-electron chi connectivity index (χ1n) is 9.23. The highest BCUT2D eigenvalue weighted by molar-refractivity contribution is 6.22. The Morgan fingerprint density at radius 3 is 2.41 bits per heavy atom. The summed E-state index contributed by atoms with van der Waals surface area (Å²) in [6, 6.07) is 16.0. The average molecular weight is 362 g/mol. The molecule has 2 aromatic carbocycles. The van der Waals surface area contributed by atoms with Gasteiger partial charge in [0, 0.05) is 12.1 Å². The van der Waals surface area contributed by atoms with Gasteiger partial charge in [-0.15, -0.1) is 0 Å². The Bertz CT molecular complexity index is 958. The maximum absolute atomic E-state index is 13.2. The number of non-ortho nitro benzene ring substituents is 1. The van der Waals surface area contributed by atoms with Gasteiger partial charge in [0.15, 0.2) is 0 Å². The minimum atomic E-state index is -0.509. The highest BCUT2D eigenvalue weighted by atomic mass is 16.6. The molecule has 2 amide bonds. The summed E-state index contributed by atoms with van der Waals surface area (Å²) in [7, 11) is 0. The number of anilines is 1. The van der Waals surface area contributed by atoms with E-state index in [1.165, 1.54) is 28.7 Å². The van der Waals surface area contributed by atoms with E-state index in [1.807, 2.05) is 18.2 Å². The van der Waals surface area contributed by atoms with Gasteiger partial charge in [0.25, 0.3) is 5.69 Å². The Labute approximate surface area is 155 Å². The predicted molar refractivity (Wildman–Crippen MR) is 98.0 cm³/mol. The van der Waals surface area contributed by atoms with Crippen molar-refractivity contribution in [3.8, 4) is 0 Å². The Hall–Kier alpha value is -3.02. The molecule has 3 fully saturated rings. The largest absolute Gasteiger partial charge is 0.274 e. The van der Waals surface area contributed by atoms with Crippen LogP contribution in [0.5, 0.6) is 0 Å². The molecule has 0 N–H and O–H groups in total. The molecule has 1 aliphatic heterocycles. The topological polar surface area (TPSA) is 80.5 Å². The summed E-state index contributed by atoms with van der Waals surface area (Å²) >= 11 is 0. The molecule has 27 heavy (non-hydrogen) atoms. The standard InChI is InChI=1S/C21H18N2O4/c24-20-18-13-9-16(12-5-2-1-3-6-12)17(10-13)19(18)21(25)22(20)14-7-4-8-15(11-14)23(26)27/h1-8,11,13,16-19H,9-10H2. The summed E-state index contributed by atoms with van der Waals surface area (Å²) < 4.78 is 0. The van der Waals surface area contributed by atoms with E-state index in [0.29, 0.717) is 11.6 Å². The minimum absolute atomic E-state index is 0.115. The third-order valence-corrected chi connectivity index (χ3v) is 6.54. The Morgan fingerprint density at radius 1 is 0.926 bits per heavy atom. The van der Waals surface area contributed by atoms with Gasteiger partial charge in [0.1, 0.15) is 0 Å². The van der Waals surface area contributed by atoms with Crippen LogP contribution in [-0.2, 0) is 9.59 Å². The third kappa shape index (κ3) is 2.25. The number of nitro groups is 1. The number of benzene rings is 2. The lowest BCUT2D eigenvalue weighted by atomic mass is 9.73. The van der Waals surface area contributed by atoms with Crippen molar-refractivity contribution < 1.29 is 14.5 Å². The molecule has 1 heterocycles. The van der Waals surface area contributed by atoms with Crippen molar-refractivity contribution in [2.24, 2.45) is 23.7 Å².